The minimum absolute atomic E-state index is 0.0449. The van der Waals surface area contributed by atoms with Gasteiger partial charge in [-0.15, -0.1) is 0 Å². The highest BCUT2D eigenvalue weighted by Gasteiger charge is 2.39. The van der Waals surface area contributed by atoms with Gasteiger partial charge in [-0.2, -0.15) is 0 Å². The highest BCUT2D eigenvalue weighted by atomic mass is 16.7. The Labute approximate surface area is 155 Å². The number of nitrogens with zero attached hydrogens (tertiary/aromatic N) is 1. The molecule has 1 aliphatic rings. The van der Waals surface area contributed by atoms with Crippen LogP contribution in [0.4, 0.5) is 0 Å². The SMILES string of the molecule is COCCOc1cc(OC)ccc1C(=O)ON1C(=O)c2ccccc2C1=O. The second kappa shape index (κ2) is 7.88. The van der Waals surface area contributed by atoms with Crippen molar-refractivity contribution in [3.63, 3.8) is 0 Å². The third-order valence-electron chi connectivity index (χ3n) is 3.88. The first-order valence-corrected chi connectivity index (χ1v) is 8.06. The molecule has 0 atom stereocenters. The minimum Gasteiger partial charge on any atom is -0.497 e. The third kappa shape index (κ3) is 3.61. The van der Waals surface area contributed by atoms with Crippen molar-refractivity contribution in [1.82, 2.24) is 5.06 Å². The molecule has 0 bridgehead atoms. The maximum Gasteiger partial charge on any atom is 0.367 e. The van der Waals surface area contributed by atoms with E-state index in [4.69, 9.17) is 19.0 Å². The lowest BCUT2D eigenvalue weighted by molar-refractivity contribution is -0.0586. The number of imide groups is 1. The molecule has 0 saturated heterocycles. The quantitative estimate of drug-likeness (QED) is 0.544. The maximum atomic E-state index is 12.6. The second-order valence-electron chi connectivity index (χ2n) is 5.53. The summed E-state index contributed by atoms with van der Waals surface area (Å²) < 4.78 is 15.6. The van der Waals surface area contributed by atoms with Crippen LogP contribution >= 0.6 is 0 Å². The Morgan fingerprint density at radius 2 is 1.63 bits per heavy atom. The van der Waals surface area contributed by atoms with E-state index in [1.807, 2.05) is 0 Å². The molecule has 0 spiro atoms. The van der Waals surface area contributed by atoms with E-state index >= 15 is 0 Å². The van der Waals surface area contributed by atoms with Crippen molar-refractivity contribution in [1.29, 1.82) is 0 Å². The molecule has 1 heterocycles. The number of fused-ring (bicyclic) bond motifs is 1. The summed E-state index contributed by atoms with van der Waals surface area (Å²) in [5.74, 6) is -1.63. The molecular formula is C19H17NO7. The Hall–Kier alpha value is -3.39. The van der Waals surface area contributed by atoms with E-state index in [9.17, 15) is 14.4 Å². The standard InChI is InChI=1S/C19H17NO7/c1-24-9-10-26-16-11-12(25-2)7-8-15(16)19(23)27-20-17(21)13-5-3-4-6-14(13)18(20)22/h3-8,11H,9-10H2,1-2H3. The first kappa shape index (κ1) is 18.4. The summed E-state index contributed by atoms with van der Waals surface area (Å²) in [5.41, 5.74) is 0.409. The van der Waals surface area contributed by atoms with Gasteiger partial charge >= 0.3 is 5.97 Å². The second-order valence-corrected chi connectivity index (χ2v) is 5.53. The molecule has 2 aromatic carbocycles. The largest absolute Gasteiger partial charge is 0.497 e. The van der Waals surface area contributed by atoms with Crippen LogP contribution in [0.25, 0.3) is 0 Å². The number of rotatable bonds is 7. The van der Waals surface area contributed by atoms with Gasteiger partial charge in [0.15, 0.2) is 0 Å². The molecule has 27 heavy (non-hydrogen) atoms. The van der Waals surface area contributed by atoms with Gasteiger partial charge in [-0.1, -0.05) is 17.2 Å². The van der Waals surface area contributed by atoms with Gasteiger partial charge in [0.2, 0.25) is 0 Å². The summed E-state index contributed by atoms with van der Waals surface area (Å²) in [6.07, 6.45) is 0. The molecule has 1 aliphatic heterocycles. The van der Waals surface area contributed by atoms with Gasteiger partial charge in [0.05, 0.1) is 24.8 Å². The number of ether oxygens (including phenoxy) is 3. The van der Waals surface area contributed by atoms with Crippen molar-refractivity contribution < 1.29 is 33.4 Å². The van der Waals surface area contributed by atoms with E-state index in [-0.39, 0.29) is 29.0 Å². The normalized spacial score (nSPS) is 12.7. The van der Waals surface area contributed by atoms with Crippen molar-refractivity contribution in [3.05, 3.63) is 59.2 Å². The molecule has 0 N–H and O–H groups in total. The van der Waals surface area contributed by atoms with Crippen LogP contribution in [0, 0.1) is 0 Å². The summed E-state index contributed by atoms with van der Waals surface area (Å²) in [4.78, 5) is 42.3. The number of hydrogen-bond donors (Lipinski definition) is 0. The summed E-state index contributed by atoms with van der Waals surface area (Å²) in [5, 5.41) is 0.455. The molecule has 0 saturated carbocycles. The van der Waals surface area contributed by atoms with Crippen LogP contribution < -0.4 is 9.47 Å². The Kier molecular flexibility index (Phi) is 5.37. The van der Waals surface area contributed by atoms with E-state index in [0.717, 1.165) is 0 Å². The lowest BCUT2D eigenvalue weighted by Crippen LogP contribution is -2.32. The van der Waals surface area contributed by atoms with E-state index in [1.165, 1.54) is 38.5 Å². The van der Waals surface area contributed by atoms with Crippen molar-refractivity contribution in [2.24, 2.45) is 0 Å². The monoisotopic (exact) mass is 371 g/mol. The maximum absolute atomic E-state index is 12.6. The zero-order valence-electron chi connectivity index (χ0n) is 14.8. The smallest absolute Gasteiger partial charge is 0.367 e. The van der Waals surface area contributed by atoms with Crippen molar-refractivity contribution in [3.8, 4) is 11.5 Å². The predicted molar refractivity (Wildman–Crippen MR) is 92.7 cm³/mol. The van der Waals surface area contributed by atoms with Crippen molar-refractivity contribution in [2.45, 2.75) is 0 Å². The molecule has 0 unspecified atom stereocenters. The van der Waals surface area contributed by atoms with Gasteiger partial charge in [-0.25, -0.2) is 4.79 Å². The van der Waals surface area contributed by atoms with Crippen LogP contribution in [0.3, 0.4) is 0 Å². The zero-order valence-corrected chi connectivity index (χ0v) is 14.8. The first-order valence-electron chi connectivity index (χ1n) is 8.06. The fourth-order valence-corrected chi connectivity index (χ4v) is 2.53. The van der Waals surface area contributed by atoms with E-state index < -0.39 is 17.8 Å². The summed E-state index contributed by atoms with van der Waals surface area (Å²) in [7, 11) is 3.00. The van der Waals surface area contributed by atoms with Crippen molar-refractivity contribution >= 4 is 17.8 Å². The average molecular weight is 371 g/mol. The van der Waals surface area contributed by atoms with Crippen LogP contribution in [0.1, 0.15) is 31.1 Å². The molecule has 0 aromatic heterocycles. The fraction of sp³-hybridized carbons (Fsp3) is 0.211. The van der Waals surface area contributed by atoms with Gasteiger partial charge < -0.3 is 19.0 Å². The van der Waals surface area contributed by atoms with E-state index in [2.05, 4.69) is 0 Å². The molecule has 0 fully saturated rings. The summed E-state index contributed by atoms with van der Waals surface area (Å²) >= 11 is 0. The molecule has 8 heteroatoms. The zero-order chi connectivity index (χ0) is 19.4. The van der Waals surface area contributed by atoms with Crippen molar-refractivity contribution in [2.75, 3.05) is 27.4 Å². The van der Waals surface area contributed by atoms with Gasteiger partial charge in [0.25, 0.3) is 11.8 Å². The molecule has 2 amide bonds. The van der Waals surface area contributed by atoms with Crippen LogP contribution in [0.15, 0.2) is 42.5 Å². The lowest BCUT2D eigenvalue weighted by atomic mass is 10.1. The number of benzene rings is 2. The topological polar surface area (TPSA) is 91.4 Å². The van der Waals surface area contributed by atoms with E-state index in [0.29, 0.717) is 17.4 Å². The van der Waals surface area contributed by atoms with Gasteiger partial charge in [-0.3, -0.25) is 9.59 Å². The number of methoxy groups -OCH3 is 2. The molecule has 0 aliphatic carbocycles. The number of carbonyl (C=O) groups is 3. The molecule has 140 valence electrons. The molecule has 8 nitrogen and oxygen atoms in total. The average Bonchev–Trinajstić information content (AvgIpc) is 2.93. The summed E-state index contributed by atoms with van der Waals surface area (Å²) in [6.45, 7) is 0.501. The highest BCUT2D eigenvalue weighted by Crippen LogP contribution is 2.28. The Balaban J connectivity index is 1.82. The number of hydroxylamine groups is 2. The highest BCUT2D eigenvalue weighted by molar-refractivity contribution is 6.21. The molecule has 2 aromatic rings. The van der Waals surface area contributed by atoms with Gasteiger partial charge in [-0.05, 0) is 24.3 Å². The van der Waals surface area contributed by atoms with Gasteiger partial charge in [0, 0.05) is 13.2 Å². The summed E-state index contributed by atoms with van der Waals surface area (Å²) in [6, 6.07) is 10.7. The predicted octanol–water partition coefficient (Wildman–Crippen LogP) is 2.09. The fourth-order valence-electron chi connectivity index (χ4n) is 2.53. The Morgan fingerprint density at radius 1 is 0.963 bits per heavy atom. The van der Waals surface area contributed by atoms with Crippen LogP contribution in [-0.2, 0) is 9.57 Å². The minimum atomic E-state index is -0.903. The molecular weight excluding hydrogens is 354 g/mol. The Bertz CT molecular complexity index is 858. The van der Waals surface area contributed by atoms with Crippen LogP contribution in [0.2, 0.25) is 0 Å². The third-order valence-corrected chi connectivity index (χ3v) is 3.88. The van der Waals surface area contributed by atoms with Crippen LogP contribution in [0.5, 0.6) is 11.5 Å². The van der Waals surface area contributed by atoms with Crippen LogP contribution in [-0.4, -0.2) is 50.3 Å². The molecule has 3 rings (SSSR count). The van der Waals surface area contributed by atoms with Gasteiger partial charge in [0.1, 0.15) is 23.7 Å². The number of carbonyl (C=O) groups excluding carboxylic acids is 3. The van der Waals surface area contributed by atoms with E-state index in [1.54, 1.807) is 18.2 Å². The molecule has 0 radical (unpaired) electrons. The Morgan fingerprint density at radius 3 is 2.22 bits per heavy atom. The number of amides is 2. The first-order chi connectivity index (χ1) is 13.1. The number of hydrogen-bond acceptors (Lipinski definition) is 7. The lowest BCUT2D eigenvalue weighted by Gasteiger charge is -2.15.